The van der Waals surface area contributed by atoms with Crippen LogP contribution >= 0.6 is 0 Å². The van der Waals surface area contributed by atoms with Gasteiger partial charge >= 0.3 is 0 Å². The van der Waals surface area contributed by atoms with E-state index in [-0.39, 0.29) is 11.6 Å². The highest BCUT2D eigenvalue weighted by molar-refractivity contribution is 5.91. The number of benzene rings is 3. The maximum Gasteiger partial charge on any atom is 0.159 e. The second-order valence-corrected chi connectivity index (χ2v) is 7.63. The molecule has 0 amide bonds. The van der Waals surface area contributed by atoms with Crippen LogP contribution in [0.25, 0.3) is 0 Å². The van der Waals surface area contributed by atoms with Gasteiger partial charge < -0.3 is 4.90 Å². The number of anilines is 3. The lowest BCUT2D eigenvalue weighted by Crippen LogP contribution is -2.11. The number of allylic oxidation sites excluding steroid dienone is 2. The summed E-state index contributed by atoms with van der Waals surface area (Å²) in [5, 5.41) is 0. The first-order chi connectivity index (χ1) is 14.9. The van der Waals surface area contributed by atoms with Gasteiger partial charge in [-0.2, -0.15) is 0 Å². The first kappa shape index (κ1) is 22.0. The number of aryl methyl sites for hydroxylation is 2. The van der Waals surface area contributed by atoms with E-state index >= 15 is 0 Å². The number of hydrogen-bond donors (Lipinski definition) is 0. The van der Waals surface area contributed by atoms with Crippen LogP contribution in [0, 0.1) is 13.8 Å². The zero-order valence-electron chi connectivity index (χ0n) is 18.1. The Morgan fingerprint density at radius 3 is 1.48 bits per heavy atom. The number of carbonyl (C=O) groups is 2. The first-order valence-electron chi connectivity index (χ1n) is 10.3. The van der Waals surface area contributed by atoms with Gasteiger partial charge in [-0.15, -0.1) is 0 Å². The van der Waals surface area contributed by atoms with Crippen molar-refractivity contribution < 1.29 is 9.59 Å². The van der Waals surface area contributed by atoms with Crippen LogP contribution in [0.3, 0.4) is 0 Å². The molecule has 0 aromatic heterocycles. The van der Waals surface area contributed by atoms with Crippen molar-refractivity contribution >= 4 is 28.6 Å². The molecule has 3 aromatic carbocycles. The van der Waals surface area contributed by atoms with E-state index in [0.29, 0.717) is 12.8 Å². The highest BCUT2D eigenvalue weighted by atomic mass is 16.1. The Bertz CT molecular complexity index is 1040. The third-order valence-corrected chi connectivity index (χ3v) is 5.35. The molecule has 0 saturated carbocycles. The lowest BCUT2D eigenvalue weighted by molar-refractivity contribution is -0.114. The summed E-state index contributed by atoms with van der Waals surface area (Å²) < 4.78 is 0. The molecule has 0 unspecified atom stereocenters. The van der Waals surface area contributed by atoms with Gasteiger partial charge in [-0.25, -0.2) is 0 Å². The summed E-state index contributed by atoms with van der Waals surface area (Å²) in [7, 11) is 0. The lowest BCUT2D eigenvalue weighted by atomic mass is 10.0. The SMILES string of the molecule is C=CC(=O)Cc1ccc(N(c2ccc(CC(=O)C=C)cc2)c2ccc(C)c(C)c2)cc1. The topological polar surface area (TPSA) is 37.4 Å². The Hall–Kier alpha value is -3.72. The fourth-order valence-electron chi connectivity index (χ4n) is 3.38. The normalized spacial score (nSPS) is 10.4. The van der Waals surface area contributed by atoms with Gasteiger partial charge in [-0.3, -0.25) is 9.59 Å². The molecule has 156 valence electrons. The van der Waals surface area contributed by atoms with Crippen LogP contribution in [0.5, 0.6) is 0 Å². The standard InChI is InChI=1S/C28H27NO2/c1-5-27(30)18-22-8-13-24(14-9-22)29(26-12-7-20(3)21(4)17-26)25-15-10-23(11-16-25)19-28(31)6-2/h5-17H,1-2,18-19H2,3-4H3. The third kappa shape index (κ3) is 5.46. The van der Waals surface area contributed by atoms with Crippen molar-refractivity contribution in [3.63, 3.8) is 0 Å². The first-order valence-corrected chi connectivity index (χ1v) is 10.3. The highest BCUT2D eigenvalue weighted by Gasteiger charge is 2.14. The molecule has 0 heterocycles. The Labute approximate surface area is 184 Å². The van der Waals surface area contributed by atoms with E-state index in [1.54, 1.807) is 0 Å². The molecule has 0 spiro atoms. The predicted molar refractivity (Wildman–Crippen MR) is 128 cm³/mol. The molecule has 0 aliphatic rings. The Morgan fingerprint density at radius 1 is 0.677 bits per heavy atom. The number of ketones is 2. The van der Waals surface area contributed by atoms with Crippen molar-refractivity contribution in [1.82, 2.24) is 0 Å². The molecular weight excluding hydrogens is 382 g/mol. The molecule has 0 fully saturated rings. The smallest absolute Gasteiger partial charge is 0.159 e. The highest BCUT2D eigenvalue weighted by Crippen LogP contribution is 2.35. The molecule has 0 atom stereocenters. The minimum absolute atomic E-state index is 0.00317. The molecule has 3 heteroatoms. The van der Waals surface area contributed by atoms with Gasteiger partial charge in [0.2, 0.25) is 0 Å². The molecule has 0 N–H and O–H groups in total. The summed E-state index contributed by atoms with van der Waals surface area (Å²) in [6, 6.07) is 22.4. The molecular formula is C28H27NO2. The lowest BCUT2D eigenvalue weighted by Gasteiger charge is -2.26. The van der Waals surface area contributed by atoms with Gasteiger partial charge in [-0.1, -0.05) is 43.5 Å². The van der Waals surface area contributed by atoms with Crippen molar-refractivity contribution in [2.24, 2.45) is 0 Å². The molecule has 0 aliphatic carbocycles. The van der Waals surface area contributed by atoms with Crippen LogP contribution in [0.1, 0.15) is 22.3 Å². The van der Waals surface area contributed by atoms with Gasteiger partial charge in [0.25, 0.3) is 0 Å². The Balaban J connectivity index is 2.00. The third-order valence-electron chi connectivity index (χ3n) is 5.35. The fraction of sp³-hybridized carbons (Fsp3) is 0.143. The summed E-state index contributed by atoms with van der Waals surface area (Å²) in [5.41, 5.74) is 7.39. The summed E-state index contributed by atoms with van der Waals surface area (Å²) in [4.78, 5) is 25.5. The monoisotopic (exact) mass is 409 g/mol. The molecule has 0 bridgehead atoms. The van der Waals surface area contributed by atoms with E-state index in [9.17, 15) is 9.59 Å². The van der Waals surface area contributed by atoms with Crippen LogP contribution in [-0.4, -0.2) is 11.6 Å². The van der Waals surface area contributed by atoms with Crippen LogP contribution < -0.4 is 4.90 Å². The van der Waals surface area contributed by atoms with Crippen molar-refractivity contribution in [2.75, 3.05) is 4.90 Å². The maximum absolute atomic E-state index is 11.7. The Kier molecular flexibility index (Phi) is 6.99. The van der Waals surface area contributed by atoms with Gasteiger partial charge in [0, 0.05) is 29.9 Å². The van der Waals surface area contributed by atoms with Crippen molar-refractivity contribution in [3.05, 3.63) is 114 Å². The van der Waals surface area contributed by atoms with Crippen molar-refractivity contribution in [1.29, 1.82) is 0 Å². The van der Waals surface area contributed by atoms with E-state index in [1.807, 2.05) is 48.5 Å². The van der Waals surface area contributed by atoms with E-state index in [2.05, 4.69) is 50.1 Å². The average Bonchev–Trinajstić information content (AvgIpc) is 2.78. The molecule has 3 aromatic rings. The summed E-state index contributed by atoms with van der Waals surface area (Å²) in [5.74, 6) is 0.00634. The molecule has 0 aliphatic heterocycles. The van der Waals surface area contributed by atoms with Crippen molar-refractivity contribution in [2.45, 2.75) is 26.7 Å². The second-order valence-electron chi connectivity index (χ2n) is 7.63. The molecule has 3 rings (SSSR count). The van der Waals surface area contributed by atoms with E-state index in [0.717, 1.165) is 28.2 Å². The maximum atomic E-state index is 11.7. The molecule has 0 saturated heterocycles. The largest absolute Gasteiger partial charge is 0.310 e. The van der Waals surface area contributed by atoms with E-state index in [4.69, 9.17) is 0 Å². The molecule has 0 radical (unpaired) electrons. The summed E-state index contributed by atoms with van der Waals surface area (Å²) in [6.07, 6.45) is 3.40. The van der Waals surface area contributed by atoms with E-state index in [1.165, 1.54) is 23.3 Å². The van der Waals surface area contributed by atoms with Crippen LogP contribution in [0.4, 0.5) is 17.1 Å². The fourth-order valence-corrected chi connectivity index (χ4v) is 3.38. The molecule has 3 nitrogen and oxygen atoms in total. The van der Waals surface area contributed by atoms with Gasteiger partial charge in [-0.05, 0) is 84.7 Å². The van der Waals surface area contributed by atoms with Crippen LogP contribution in [0.2, 0.25) is 0 Å². The quantitative estimate of drug-likeness (QED) is 0.385. The zero-order valence-corrected chi connectivity index (χ0v) is 18.1. The Morgan fingerprint density at radius 2 is 1.10 bits per heavy atom. The second kappa shape index (κ2) is 9.86. The van der Waals surface area contributed by atoms with Gasteiger partial charge in [0.15, 0.2) is 11.6 Å². The average molecular weight is 410 g/mol. The minimum Gasteiger partial charge on any atom is -0.310 e. The van der Waals surface area contributed by atoms with Crippen LogP contribution in [0.15, 0.2) is 92.0 Å². The van der Waals surface area contributed by atoms with Crippen LogP contribution in [-0.2, 0) is 22.4 Å². The number of nitrogens with zero attached hydrogens (tertiary/aromatic N) is 1. The molecule has 31 heavy (non-hydrogen) atoms. The zero-order chi connectivity index (χ0) is 22.4. The van der Waals surface area contributed by atoms with Crippen molar-refractivity contribution in [3.8, 4) is 0 Å². The minimum atomic E-state index is 0.00317. The summed E-state index contributed by atoms with van der Waals surface area (Å²) in [6.45, 7) is 11.3. The van der Waals surface area contributed by atoms with Gasteiger partial charge in [0.1, 0.15) is 0 Å². The summed E-state index contributed by atoms with van der Waals surface area (Å²) >= 11 is 0. The predicted octanol–water partition coefficient (Wildman–Crippen LogP) is 6.37. The van der Waals surface area contributed by atoms with Gasteiger partial charge in [0.05, 0.1) is 0 Å². The van der Waals surface area contributed by atoms with E-state index < -0.39 is 0 Å². The number of hydrogen-bond acceptors (Lipinski definition) is 3. The number of rotatable bonds is 9. The number of carbonyl (C=O) groups excluding carboxylic acids is 2.